The molecule has 2 nitrogen and oxygen atoms in total. The first-order valence-corrected chi connectivity index (χ1v) is 7.62. The third-order valence-corrected chi connectivity index (χ3v) is 4.32. The first-order valence-electron chi connectivity index (χ1n) is 7.62. The molecule has 0 unspecified atom stereocenters. The van der Waals surface area contributed by atoms with Gasteiger partial charge in [0.2, 0.25) is 0 Å². The van der Waals surface area contributed by atoms with E-state index in [0.29, 0.717) is 11.1 Å². The van der Waals surface area contributed by atoms with Crippen LogP contribution in [0.5, 0.6) is 11.5 Å². The standard InChI is InChI=1S/C22H14O2/c1-2-14-7-10-18-16(13-14)9-12-20(24)22(18)21-17-6-4-3-5-15(17)8-11-19(21)23/h1,3-13,23-24H. The molecule has 0 aliphatic carbocycles. The van der Waals surface area contributed by atoms with Crippen LogP contribution in [0.1, 0.15) is 5.56 Å². The van der Waals surface area contributed by atoms with Crippen molar-refractivity contribution in [3.63, 3.8) is 0 Å². The van der Waals surface area contributed by atoms with Crippen molar-refractivity contribution in [3.8, 4) is 35.0 Å². The third-order valence-electron chi connectivity index (χ3n) is 4.32. The van der Waals surface area contributed by atoms with Crippen LogP contribution in [0.25, 0.3) is 32.7 Å². The molecular formula is C22H14O2. The molecule has 0 aliphatic rings. The second kappa shape index (κ2) is 5.33. The Balaban J connectivity index is 2.17. The van der Waals surface area contributed by atoms with E-state index in [9.17, 15) is 10.2 Å². The first-order chi connectivity index (χ1) is 11.7. The molecule has 2 heteroatoms. The van der Waals surface area contributed by atoms with Gasteiger partial charge in [0.15, 0.2) is 0 Å². The van der Waals surface area contributed by atoms with E-state index in [1.807, 2.05) is 54.6 Å². The lowest BCUT2D eigenvalue weighted by atomic mass is 9.92. The molecule has 24 heavy (non-hydrogen) atoms. The van der Waals surface area contributed by atoms with Crippen molar-refractivity contribution in [2.45, 2.75) is 0 Å². The molecule has 0 amide bonds. The summed E-state index contributed by atoms with van der Waals surface area (Å²) in [6.07, 6.45) is 5.48. The molecule has 0 bridgehead atoms. The molecular weight excluding hydrogens is 296 g/mol. The van der Waals surface area contributed by atoms with E-state index in [2.05, 4.69) is 5.92 Å². The van der Waals surface area contributed by atoms with Gasteiger partial charge in [0, 0.05) is 16.7 Å². The Morgan fingerprint density at radius 2 is 1.29 bits per heavy atom. The second-order valence-electron chi connectivity index (χ2n) is 5.72. The van der Waals surface area contributed by atoms with Gasteiger partial charge in [-0.25, -0.2) is 0 Å². The molecule has 0 heterocycles. The number of fused-ring (bicyclic) bond motifs is 2. The number of phenolic OH excluding ortho intramolecular Hbond substituents is 2. The maximum atomic E-state index is 10.5. The van der Waals surface area contributed by atoms with Gasteiger partial charge in [0.05, 0.1) is 0 Å². The Hall–Kier alpha value is -3.44. The van der Waals surface area contributed by atoms with Crippen LogP contribution in [0.2, 0.25) is 0 Å². The number of rotatable bonds is 1. The van der Waals surface area contributed by atoms with Crippen LogP contribution in [0, 0.1) is 12.3 Å². The van der Waals surface area contributed by atoms with Crippen molar-refractivity contribution in [1.82, 2.24) is 0 Å². The summed E-state index contributed by atoms with van der Waals surface area (Å²) in [6, 6.07) is 20.4. The topological polar surface area (TPSA) is 40.5 Å². The van der Waals surface area contributed by atoms with Crippen molar-refractivity contribution in [2.24, 2.45) is 0 Å². The molecule has 0 saturated heterocycles. The monoisotopic (exact) mass is 310 g/mol. The first kappa shape index (κ1) is 14.2. The molecule has 4 aromatic rings. The normalized spacial score (nSPS) is 10.8. The van der Waals surface area contributed by atoms with Crippen LogP contribution in [0.3, 0.4) is 0 Å². The Labute approximate surface area is 139 Å². The summed E-state index contributed by atoms with van der Waals surface area (Å²) in [6.45, 7) is 0. The molecule has 114 valence electrons. The minimum absolute atomic E-state index is 0.127. The number of terminal acetylenes is 1. The van der Waals surface area contributed by atoms with Gasteiger partial charge in [-0.15, -0.1) is 6.42 Å². The SMILES string of the molecule is C#Cc1ccc2c(-c3c(O)ccc4ccccc34)c(O)ccc2c1. The highest BCUT2D eigenvalue weighted by molar-refractivity contribution is 6.09. The van der Waals surface area contributed by atoms with Gasteiger partial charge in [-0.05, 0) is 45.8 Å². The van der Waals surface area contributed by atoms with Gasteiger partial charge < -0.3 is 10.2 Å². The van der Waals surface area contributed by atoms with Crippen LogP contribution in [-0.4, -0.2) is 10.2 Å². The van der Waals surface area contributed by atoms with Crippen molar-refractivity contribution in [1.29, 1.82) is 0 Å². The smallest absolute Gasteiger partial charge is 0.124 e. The number of phenols is 2. The maximum Gasteiger partial charge on any atom is 0.124 e. The summed E-state index contributed by atoms with van der Waals surface area (Å²) in [7, 11) is 0. The molecule has 0 aliphatic heterocycles. The highest BCUT2D eigenvalue weighted by Gasteiger charge is 2.16. The van der Waals surface area contributed by atoms with E-state index in [1.165, 1.54) is 0 Å². The van der Waals surface area contributed by atoms with Crippen LogP contribution < -0.4 is 0 Å². The van der Waals surface area contributed by atoms with E-state index in [4.69, 9.17) is 6.42 Å². The van der Waals surface area contributed by atoms with Gasteiger partial charge in [-0.1, -0.05) is 48.4 Å². The minimum atomic E-state index is 0.127. The van der Waals surface area contributed by atoms with Crippen LogP contribution >= 0.6 is 0 Å². The zero-order valence-corrected chi connectivity index (χ0v) is 12.8. The number of aromatic hydroxyl groups is 2. The van der Waals surface area contributed by atoms with Crippen molar-refractivity contribution in [2.75, 3.05) is 0 Å². The second-order valence-corrected chi connectivity index (χ2v) is 5.72. The lowest BCUT2D eigenvalue weighted by Crippen LogP contribution is -1.87. The highest BCUT2D eigenvalue weighted by atomic mass is 16.3. The lowest BCUT2D eigenvalue weighted by molar-refractivity contribution is 0.470. The molecule has 0 radical (unpaired) electrons. The molecule has 0 atom stereocenters. The summed E-state index contributed by atoms with van der Waals surface area (Å²) in [5.41, 5.74) is 2.02. The van der Waals surface area contributed by atoms with E-state index in [-0.39, 0.29) is 11.5 Å². The number of benzene rings is 4. The summed E-state index contributed by atoms with van der Waals surface area (Å²) >= 11 is 0. The fourth-order valence-corrected chi connectivity index (χ4v) is 3.19. The minimum Gasteiger partial charge on any atom is -0.507 e. The number of hydrogen-bond donors (Lipinski definition) is 2. The van der Waals surface area contributed by atoms with Crippen LogP contribution in [-0.2, 0) is 0 Å². The molecule has 0 fully saturated rings. The molecule has 4 aromatic carbocycles. The average Bonchev–Trinajstić information content (AvgIpc) is 2.62. The van der Waals surface area contributed by atoms with Gasteiger partial charge in [-0.2, -0.15) is 0 Å². The van der Waals surface area contributed by atoms with Crippen LogP contribution in [0.4, 0.5) is 0 Å². The van der Waals surface area contributed by atoms with Gasteiger partial charge in [0.25, 0.3) is 0 Å². The largest absolute Gasteiger partial charge is 0.507 e. The fourth-order valence-electron chi connectivity index (χ4n) is 3.19. The lowest BCUT2D eigenvalue weighted by Gasteiger charge is -2.14. The Bertz CT molecular complexity index is 1130. The van der Waals surface area contributed by atoms with Crippen molar-refractivity contribution in [3.05, 3.63) is 72.3 Å². The average molecular weight is 310 g/mol. The van der Waals surface area contributed by atoms with Crippen LogP contribution in [0.15, 0.2) is 66.7 Å². The molecule has 0 spiro atoms. The van der Waals surface area contributed by atoms with E-state index in [1.54, 1.807) is 12.1 Å². The third kappa shape index (κ3) is 2.07. The fraction of sp³-hybridized carbons (Fsp3) is 0. The maximum absolute atomic E-state index is 10.5. The highest BCUT2D eigenvalue weighted by Crippen LogP contribution is 2.44. The summed E-state index contributed by atoms with van der Waals surface area (Å²) < 4.78 is 0. The van der Waals surface area contributed by atoms with E-state index >= 15 is 0 Å². The predicted molar refractivity (Wildman–Crippen MR) is 98.2 cm³/mol. The summed E-state index contributed by atoms with van der Waals surface area (Å²) in [4.78, 5) is 0. The Morgan fingerprint density at radius 3 is 2.00 bits per heavy atom. The van der Waals surface area contributed by atoms with E-state index in [0.717, 1.165) is 27.1 Å². The van der Waals surface area contributed by atoms with Gasteiger partial charge >= 0.3 is 0 Å². The Morgan fingerprint density at radius 1 is 0.667 bits per heavy atom. The quantitative estimate of drug-likeness (QED) is 0.483. The number of hydrogen-bond acceptors (Lipinski definition) is 2. The van der Waals surface area contributed by atoms with E-state index < -0.39 is 0 Å². The zero-order valence-electron chi connectivity index (χ0n) is 12.8. The van der Waals surface area contributed by atoms with Gasteiger partial charge in [0.1, 0.15) is 11.5 Å². The van der Waals surface area contributed by atoms with Crippen molar-refractivity contribution >= 4 is 21.5 Å². The summed E-state index contributed by atoms with van der Waals surface area (Å²) in [5, 5.41) is 24.7. The van der Waals surface area contributed by atoms with Gasteiger partial charge in [-0.3, -0.25) is 0 Å². The molecule has 0 saturated carbocycles. The molecule has 2 N–H and O–H groups in total. The molecule has 0 aromatic heterocycles. The zero-order chi connectivity index (χ0) is 16.7. The predicted octanol–water partition coefficient (Wildman–Crippen LogP) is 5.05. The molecule has 4 rings (SSSR count). The van der Waals surface area contributed by atoms with Crippen molar-refractivity contribution < 1.29 is 10.2 Å². The summed E-state index contributed by atoms with van der Waals surface area (Å²) in [5.74, 6) is 2.89. The Kier molecular flexibility index (Phi) is 3.15.